The second-order valence-electron chi connectivity index (χ2n) is 3.74. The van der Waals surface area contributed by atoms with Crippen LogP contribution in [0.1, 0.15) is 21.7 Å². The van der Waals surface area contributed by atoms with Crippen molar-refractivity contribution in [3.05, 3.63) is 44.7 Å². The van der Waals surface area contributed by atoms with Gasteiger partial charge in [0.15, 0.2) is 5.82 Å². The van der Waals surface area contributed by atoms with Crippen LogP contribution in [0.5, 0.6) is 0 Å². The molecule has 2 rings (SSSR count). The van der Waals surface area contributed by atoms with Gasteiger partial charge in [0.1, 0.15) is 5.76 Å². The molecule has 1 aromatic carbocycles. The van der Waals surface area contributed by atoms with Gasteiger partial charge in [0.05, 0.1) is 0 Å². The van der Waals surface area contributed by atoms with Crippen LogP contribution in [-0.2, 0) is 0 Å². The maximum atomic E-state index is 11.9. The third kappa shape index (κ3) is 2.85. The van der Waals surface area contributed by atoms with Crippen molar-refractivity contribution in [1.29, 1.82) is 0 Å². The Morgan fingerprint density at radius 1 is 1.35 bits per heavy atom. The largest absolute Gasteiger partial charge is 0.360 e. The van der Waals surface area contributed by atoms with Crippen molar-refractivity contribution in [2.24, 2.45) is 0 Å². The van der Waals surface area contributed by atoms with E-state index in [2.05, 4.69) is 33.1 Å². The van der Waals surface area contributed by atoms with Crippen molar-refractivity contribution < 1.29 is 9.32 Å². The van der Waals surface area contributed by atoms with Gasteiger partial charge in [-0.1, -0.05) is 11.2 Å². The van der Waals surface area contributed by atoms with Crippen molar-refractivity contribution >= 4 is 34.3 Å². The van der Waals surface area contributed by atoms with E-state index in [4.69, 9.17) is 4.52 Å². The molecule has 0 bridgehead atoms. The van der Waals surface area contributed by atoms with E-state index in [-0.39, 0.29) is 5.91 Å². The lowest BCUT2D eigenvalue weighted by atomic mass is 10.1. The van der Waals surface area contributed by atoms with Crippen LogP contribution in [0.4, 0.5) is 5.82 Å². The number of aryl methyl sites for hydroxylation is 2. The first-order valence-electron chi connectivity index (χ1n) is 5.07. The predicted octanol–water partition coefficient (Wildman–Crippen LogP) is 3.15. The van der Waals surface area contributed by atoms with Crippen LogP contribution in [0, 0.1) is 17.4 Å². The molecule has 0 saturated heterocycles. The van der Waals surface area contributed by atoms with Crippen molar-refractivity contribution in [1.82, 2.24) is 5.16 Å². The fourth-order valence-electron chi connectivity index (χ4n) is 1.35. The monoisotopic (exact) mass is 342 g/mol. The van der Waals surface area contributed by atoms with Gasteiger partial charge < -0.3 is 9.84 Å². The predicted molar refractivity (Wildman–Crippen MR) is 73.1 cm³/mol. The number of rotatable bonds is 2. The Labute approximate surface area is 113 Å². The molecule has 88 valence electrons. The molecule has 0 atom stereocenters. The van der Waals surface area contributed by atoms with Gasteiger partial charge >= 0.3 is 0 Å². The average Bonchev–Trinajstić information content (AvgIpc) is 2.68. The molecule has 0 aliphatic carbocycles. The van der Waals surface area contributed by atoms with Crippen LogP contribution < -0.4 is 5.32 Å². The highest BCUT2D eigenvalue weighted by Gasteiger charge is 2.09. The van der Waals surface area contributed by atoms with Gasteiger partial charge in [0.25, 0.3) is 5.91 Å². The van der Waals surface area contributed by atoms with E-state index in [1.807, 2.05) is 19.1 Å². The zero-order valence-electron chi connectivity index (χ0n) is 9.45. The number of benzene rings is 1. The Balaban J connectivity index is 2.17. The highest BCUT2D eigenvalue weighted by molar-refractivity contribution is 14.1. The molecule has 0 radical (unpaired) electrons. The third-order valence-corrected chi connectivity index (χ3v) is 3.47. The maximum Gasteiger partial charge on any atom is 0.256 e. The standard InChI is InChI=1S/C12H11IN2O2/c1-7-3-4-9(6-10(7)13)12(16)14-11-5-8(2)17-15-11/h3-6H,1-2H3,(H,14,15,16). The van der Waals surface area contributed by atoms with Gasteiger partial charge in [-0.15, -0.1) is 0 Å². The molecule has 2 aromatic rings. The Kier molecular flexibility index (Phi) is 3.46. The minimum atomic E-state index is -0.184. The molecule has 1 heterocycles. The molecule has 0 fully saturated rings. The number of hydrogen-bond donors (Lipinski definition) is 1. The molecule has 0 aliphatic heterocycles. The summed E-state index contributed by atoms with van der Waals surface area (Å²) in [7, 11) is 0. The lowest BCUT2D eigenvalue weighted by Gasteiger charge is -2.03. The molecular formula is C12H11IN2O2. The molecule has 4 nitrogen and oxygen atoms in total. The second kappa shape index (κ2) is 4.87. The van der Waals surface area contributed by atoms with Crippen LogP contribution in [0.25, 0.3) is 0 Å². The minimum Gasteiger partial charge on any atom is -0.360 e. The Bertz CT molecular complexity index is 563. The molecule has 0 spiro atoms. The molecule has 0 saturated carbocycles. The van der Waals surface area contributed by atoms with E-state index in [9.17, 15) is 4.79 Å². The molecule has 0 unspecified atom stereocenters. The average molecular weight is 342 g/mol. The number of anilines is 1. The zero-order valence-corrected chi connectivity index (χ0v) is 11.6. The van der Waals surface area contributed by atoms with Gasteiger partial charge in [-0.3, -0.25) is 4.79 Å². The van der Waals surface area contributed by atoms with Gasteiger partial charge in [0, 0.05) is 15.2 Å². The van der Waals surface area contributed by atoms with Crippen LogP contribution >= 0.6 is 22.6 Å². The van der Waals surface area contributed by atoms with Gasteiger partial charge in [-0.25, -0.2) is 0 Å². The van der Waals surface area contributed by atoms with Gasteiger partial charge in [-0.05, 0) is 54.1 Å². The zero-order chi connectivity index (χ0) is 12.4. The molecule has 17 heavy (non-hydrogen) atoms. The number of hydrogen-bond acceptors (Lipinski definition) is 3. The van der Waals surface area contributed by atoms with Crippen LogP contribution in [0.2, 0.25) is 0 Å². The fraction of sp³-hybridized carbons (Fsp3) is 0.167. The molecule has 1 amide bonds. The first-order chi connectivity index (χ1) is 8.06. The summed E-state index contributed by atoms with van der Waals surface area (Å²) in [5, 5.41) is 6.39. The smallest absolute Gasteiger partial charge is 0.256 e. The number of halogens is 1. The minimum absolute atomic E-state index is 0.184. The van der Waals surface area contributed by atoms with E-state index >= 15 is 0 Å². The van der Waals surface area contributed by atoms with Crippen LogP contribution in [0.15, 0.2) is 28.8 Å². The van der Waals surface area contributed by atoms with Crippen LogP contribution in [-0.4, -0.2) is 11.1 Å². The summed E-state index contributed by atoms with van der Waals surface area (Å²) in [5.41, 5.74) is 1.76. The SMILES string of the molecule is Cc1cc(NC(=O)c2ccc(C)c(I)c2)no1. The summed E-state index contributed by atoms with van der Waals surface area (Å²) in [4.78, 5) is 11.9. The van der Waals surface area contributed by atoms with Crippen molar-refractivity contribution in [3.63, 3.8) is 0 Å². The van der Waals surface area contributed by atoms with E-state index in [1.165, 1.54) is 0 Å². The van der Waals surface area contributed by atoms with Crippen LogP contribution in [0.3, 0.4) is 0 Å². The Hall–Kier alpha value is -1.37. The highest BCUT2D eigenvalue weighted by Crippen LogP contribution is 2.15. The summed E-state index contributed by atoms with van der Waals surface area (Å²) in [6.07, 6.45) is 0. The summed E-state index contributed by atoms with van der Waals surface area (Å²) in [5.74, 6) is 0.915. The van der Waals surface area contributed by atoms with E-state index in [1.54, 1.807) is 19.1 Å². The van der Waals surface area contributed by atoms with Crippen molar-refractivity contribution in [2.45, 2.75) is 13.8 Å². The van der Waals surface area contributed by atoms with Crippen molar-refractivity contribution in [2.75, 3.05) is 5.32 Å². The molecule has 1 aromatic heterocycles. The molecule has 1 N–H and O–H groups in total. The highest BCUT2D eigenvalue weighted by atomic mass is 127. The van der Waals surface area contributed by atoms with E-state index < -0.39 is 0 Å². The first-order valence-corrected chi connectivity index (χ1v) is 6.15. The number of carbonyl (C=O) groups excluding carboxylic acids is 1. The number of amides is 1. The van der Waals surface area contributed by atoms with E-state index in [0.717, 1.165) is 9.13 Å². The number of nitrogens with one attached hydrogen (secondary N) is 1. The summed E-state index contributed by atoms with van der Waals surface area (Å²) in [6, 6.07) is 7.24. The number of nitrogens with zero attached hydrogens (tertiary/aromatic N) is 1. The number of aromatic nitrogens is 1. The second-order valence-corrected chi connectivity index (χ2v) is 4.90. The molecular weight excluding hydrogens is 331 g/mol. The molecule has 5 heteroatoms. The summed E-state index contributed by atoms with van der Waals surface area (Å²) < 4.78 is 5.94. The van der Waals surface area contributed by atoms with Crippen molar-refractivity contribution in [3.8, 4) is 0 Å². The lowest BCUT2D eigenvalue weighted by molar-refractivity contribution is 0.102. The fourth-order valence-corrected chi connectivity index (χ4v) is 1.86. The Morgan fingerprint density at radius 3 is 2.71 bits per heavy atom. The van der Waals surface area contributed by atoms with E-state index in [0.29, 0.717) is 17.1 Å². The Morgan fingerprint density at radius 2 is 2.12 bits per heavy atom. The maximum absolute atomic E-state index is 11.9. The summed E-state index contributed by atoms with van der Waals surface area (Å²) >= 11 is 2.20. The first kappa shape index (κ1) is 12.1. The van der Waals surface area contributed by atoms with Gasteiger partial charge in [0.2, 0.25) is 0 Å². The lowest BCUT2D eigenvalue weighted by Crippen LogP contribution is -2.12. The number of carbonyl (C=O) groups is 1. The summed E-state index contributed by atoms with van der Waals surface area (Å²) in [6.45, 7) is 3.78. The topological polar surface area (TPSA) is 55.1 Å². The van der Waals surface area contributed by atoms with Gasteiger partial charge in [-0.2, -0.15) is 0 Å². The third-order valence-electron chi connectivity index (χ3n) is 2.30. The molecule has 0 aliphatic rings. The normalized spacial score (nSPS) is 10.3. The quantitative estimate of drug-likeness (QED) is 0.853.